The zero-order valence-corrected chi connectivity index (χ0v) is 20.6. The second-order valence-electron chi connectivity index (χ2n) is 8.01. The van der Waals surface area contributed by atoms with E-state index in [0.29, 0.717) is 34.5 Å². The molecule has 0 bridgehead atoms. The molecule has 0 spiro atoms. The van der Waals surface area contributed by atoms with Crippen LogP contribution >= 0.6 is 23.8 Å². The van der Waals surface area contributed by atoms with Crippen LogP contribution in [0.3, 0.4) is 0 Å². The maximum atomic E-state index is 12.8. The van der Waals surface area contributed by atoms with Crippen molar-refractivity contribution >= 4 is 51.6 Å². The summed E-state index contributed by atoms with van der Waals surface area (Å²) in [5, 5.41) is 6.29. The van der Waals surface area contributed by atoms with Crippen molar-refractivity contribution in [1.29, 1.82) is 0 Å². The minimum absolute atomic E-state index is 0.124. The van der Waals surface area contributed by atoms with E-state index in [2.05, 4.69) is 20.6 Å². The lowest BCUT2D eigenvalue weighted by Crippen LogP contribution is -2.34. The van der Waals surface area contributed by atoms with Gasteiger partial charge in [0, 0.05) is 11.1 Å². The van der Waals surface area contributed by atoms with Gasteiger partial charge in [0.2, 0.25) is 0 Å². The number of halogens is 1. The average molecular weight is 513 g/mol. The summed E-state index contributed by atoms with van der Waals surface area (Å²) < 4.78 is 5.82. The van der Waals surface area contributed by atoms with E-state index in [1.807, 2.05) is 66.7 Å². The van der Waals surface area contributed by atoms with Crippen molar-refractivity contribution in [2.24, 2.45) is 0 Å². The molecule has 4 aromatic carbocycles. The van der Waals surface area contributed by atoms with Crippen LogP contribution in [-0.4, -0.2) is 21.0 Å². The van der Waals surface area contributed by atoms with E-state index in [-0.39, 0.29) is 11.0 Å². The van der Waals surface area contributed by atoms with Crippen LogP contribution in [0.1, 0.15) is 15.9 Å². The number of imidazole rings is 1. The molecule has 0 radical (unpaired) electrons. The average Bonchev–Trinajstić information content (AvgIpc) is 3.34. The van der Waals surface area contributed by atoms with E-state index in [9.17, 15) is 4.79 Å². The predicted molar refractivity (Wildman–Crippen MR) is 147 cm³/mol. The Bertz CT molecular complexity index is 1520. The maximum absolute atomic E-state index is 12.8. The summed E-state index contributed by atoms with van der Waals surface area (Å²) in [7, 11) is 0. The molecule has 0 atom stereocenters. The summed E-state index contributed by atoms with van der Waals surface area (Å²) in [5.41, 5.74) is 4.66. The largest absolute Gasteiger partial charge is 0.489 e. The molecular formula is C28H21ClN4O2S. The minimum Gasteiger partial charge on any atom is -0.489 e. The van der Waals surface area contributed by atoms with Gasteiger partial charge in [-0.15, -0.1) is 0 Å². The van der Waals surface area contributed by atoms with Gasteiger partial charge in [-0.2, -0.15) is 0 Å². The summed E-state index contributed by atoms with van der Waals surface area (Å²) in [6.07, 6.45) is 0. The molecule has 0 fully saturated rings. The molecule has 1 heterocycles. The molecule has 178 valence electrons. The fourth-order valence-corrected chi connectivity index (χ4v) is 4.02. The quantitative estimate of drug-likeness (QED) is 0.224. The number of fused-ring (bicyclic) bond motifs is 1. The van der Waals surface area contributed by atoms with Crippen molar-refractivity contribution in [3.05, 3.63) is 113 Å². The molecule has 36 heavy (non-hydrogen) atoms. The lowest BCUT2D eigenvalue weighted by atomic mass is 10.2. The van der Waals surface area contributed by atoms with Crippen LogP contribution in [0.2, 0.25) is 5.02 Å². The van der Waals surface area contributed by atoms with E-state index in [4.69, 9.17) is 28.6 Å². The molecule has 1 aromatic heterocycles. The van der Waals surface area contributed by atoms with Crippen LogP contribution in [-0.2, 0) is 6.61 Å². The number of para-hydroxylation sites is 2. The van der Waals surface area contributed by atoms with Gasteiger partial charge in [-0.3, -0.25) is 10.1 Å². The molecule has 0 saturated carbocycles. The molecule has 0 unspecified atom stereocenters. The SMILES string of the molecule is O=C(NC(=S)Nc1cc(-c2nc3ccccc3[nH]2)ccc1Cl)c1cccc(OCc2ccccc2)c1. The van der Waals surface area contributed by atoms with Gasteiger partial charge in [-0.05, 0) is 66.3 Å². The summed E-state index contributed by atoms with van der Waals surface area (Å²) in [6, 6.07) is 30.0. The topological polar surface area (TPSA) is 79.0 Å². The summed E-state index contributed by atoms with van der Waals surface area (Å²) >= 11 is 11.8. The Morgan fingerprint density at radius 3 is 2.58 bits per heavy atom. The number of thiocarbonyl (C=S) groups is 1. The van der Waals surface area contributed by atoms with E-state index in [1.165, 1.54) is 0 Å². The third-order valence-corrected chi connectivity index (χ3v) is 5.98. The third-order valence-electron chi connectivity index (χ3n) is 5.45. The number of anilines is 1. The Hall–Kier alpha value is -4.20. The van der Waals surface area contributed by atoms with Gasteiger partial charge in [-0.1, -0.05) is 60.1 Å². The van der Waals surface area contributed by atoms with Crippen molar-refractivity contribution in [3.8, 4) is 17.1 Å². The van der Waals surface area contributed by atoms with Crippen LogP contribution in [0.5, 0.6) is 5.75 Å². The number of carbonyl (C=O) groups excluding carboxylic acids is 1. The van der Waals surface area contributed by atoms with Crippen LogP contribution < -0.4 is 15.4 Å². The van der Waals surface area contributed by atoms with E-state index in [1.54, 1.807) is 30.3 Å². The minimum atomic E-state index is -0.359. The molecule has 6 nitrogen and oxygen atoms in total. The van der Waals surface area contributed by atoms with Gasteiger partial charge in [-0.25, -0.2) is 4.98 Å². The smallest absolute Gasteiger partial charge is 0.257 e. The number of nitrogens with zero attached hydrogens (tertiary/aromatic N) is 1. The predicted octanol–water partition coefficient (Wildman–Crippen LogP) is 6.59. The van der Waals surface area contributed by atoms with Crippen molar-refractivity contribution in [3.63, 3.8) is 0 Å². The van der Waals surface area contributed by atoms with Crippen LogP contribution in [0, 0.1) is 0 Å². The molecule has 0 aliphatic heterocycles. The fourth-order valence-electron chi connectivity index (χ4n) is 3.65. The number of carbonyl (C=O) groups is 1. The number of nitrogens with one attached hydrogen (secondary N) is 3. The molecule has 0 saturated heterocycles. The number of rotatable bonds is 6. The number of aromatic nitrogens is 2. The number of hydrogen-bond acceptors (Lipinski definition) is 4. The van der Waals surface area contributed by atoms with Gasteiger partial charge >= 0.3 is 0 Å². The van der Waals surface area contributed by atoms with Crippen LogP contribution in [0.4, 0.5) is 5.69 Å². The van der Waals surface area contributed by atoms with Crippen molar-refractivity contribution in [1.82, 2.24) is 15.3 Å². The molecule has 5 aromatic rings. The maximum Gasteiger partial charge on any atom is 0.257 e. The molecule has 0 aliphatic rings. The summed E-state index contributed by atoms with van der Waals surface area (Å²) in [6.45, 7) is 0.409. The highest BCUT2D eigenvalue weighted by atomic mass is 35.5. The first-order chi connectivity index (χ1) is 17.5. The fraction of sp³-hybridized carbons (Fsp3) is 0.0357. The molecule has 8 heteroatoms. The number of ether oxygens (including phenoxy) is 1. The summed E-state index contributed by atoms with van der Waals surface area (Å²) in [5.74, 6) is 0.937. The standard InChI is InChI=1S/C28H21ClN4O2S/c29-22-14-13-19(26-30-23-11-4-5-12-24(23)31-26)16-25(22)32-28(36)33-27(34)20-9-6-10-21(15-20)35-17-18-7-2-1-3-8-18/h1-16H,17H2,(H,30,31)(H2,32,33,34,36). The highest BCUT2D eigenvalue weighted by Crippen LogP contribution is 2.28. The Morgan fingerprint density at radius 2 is 1.75 bits per heavy atom. The zero-order chi connectivity index (χ0) is 24.9. The molecule has 1 amide bonds. The molecule has 5 rings (SSSR count). The van der Waals surface area contributed by atoms with E-state index < -0.39 is 0 Å². The second kappa shape index (κ2) is 10.6. The first kappa shape index (κ1) is 23.5. The van der Waals surface area contributed by atoms with Crippen LogP contribution in [0.15, 0.2) is 97.1 Å². The normalized spacial score (nSPS) is 10.7. The highest BCUT2D eigenvalue weighted by Gasteiger charge is 2.12. The Kier molecular flexibility index (Phi) is 6.93. The molecule has 0 aliphatic carbocycles. The van der Waals surface area contributed by atoms with Gasteiger partial charge < -0.3 is 15.0 Å². The Labute approximate surface area is 218 Å². The second-order valence-corrected chi connectivity index (χ2v) is 8.82. The number of amides is 1. The lowest BCUT2D eigenvalue weighted by molar-refractivity contribution is 0.0977. The third kappa shape index (κ3) is 5.54. The summed E-state index contributed by atoms with van der Waals surface area (Å²) in [4.78, 5) is 20.7. The molecule has 3 N–H and O–H groups in total. The van der Waals surface area contributed by atoms with E-state index in [0.717, 1.165) is 22.2 Å². The Balaban J connectivity index is 1.25. The van der Waals surface area contributed by atoms with Crippen molar-refractivity contribution in [2.75, 3.05) is 5.32 Å². The van der Waals surface area contributed by atoms with Gasteiger partial charge in [0.25, 0.3) is 5.91 Å². The Morgan fingerprint density at radius 1 is 0.944 bits per heavy atom. The number of benzene rings is 4. The molecular weight excluding hydrogens is 492 g/mol. The van der Waals surface area contributed by atoms with Gasteiger partial charge in [0.1, 0.15) is 18.2 Å². The number of hydrogen-bond donors (Lipinski definition) is 3. The highest BCUT2D eigenvalue weighted by molar-refractivity contribution is 7.80. The monoisotopic (exact) mass is 512 g/mol. The van der Waals surface area contributed by atoms with Gasteiger partial charge in [0.15, 0.2) is 5.11 Å². The number of H-pyrrole nitrogens is 1. The number of aromatic amines is 1. The first-order valence-corrected chi connectivity index (χ1v) is 12.0. The van der Waals surface area contributed by atoms with Crippen molar-refractivity contribution < 1.29 is 9.53 Å². The van der Waals surface area contributed by atoms with E-state index >= 15 is 0 Å². The van der Waals surface area contributed by atoms with Crippen molar-refractivity contribution in [2.45, 2.75) is 6.61 Å². The zero-order valence-electron chi connectivity index (χ0n) is 19.0. The van der Waals surface area contributed by atoms with Crippen LogP contribution in [0.25, 0.3) is 22.4 Å². The first-order valence-electron chi connectivity index (χ1n) is 11.2. The lowest BCUT2D eigenvalue weighted by Gasteiger charge is -2.13. The van der Waals surface area contributed by atoms with Gasteiger partial charge in [0.05, 0.1) is 21.7 Å².